The molecule has 7 nitrogen and oxygen atoms in total. The molecular weight excluding hydrogens is 378 g/mol. The Morgan fingerprint density at radius 1 is 1.20 bits per heavy atom. The van der Waals surface area contributed by atoms with E-state index in [0.29, 0.717) is 12.5 Å². The fourth-order valence-electron chi connectivity index (χ4n) is 4.82. The number of morpholine rings is 1. The van der Waals surface area contributed by atoms with Crippen LogP contribution in [0, 0.1) is 0 Å². The Morgan fingerprint density at radius 3 is 2.97 bits per heavy atom. The molecule has 7 heteroatoms. The molecule has 3 aromatic rings. The molecule has 2 N–H and O–H groups in total. The molecular formula is C23H27N5O2. The maximum atomic E-state index is 6.16. The summed E-state index contributed by atoms with van der Waals surface area (Å²) in [5.74, 6) is 2.49. The molecule has 30 heavy (non-hydrogen) atoms. The Labute approximate surface area is 175 Å². The van der Waals surface area contributed by atoms with Crippen LogP contribution in [0.1, 0.15) is 43.0 Å². The standard InChI is InChI=1S/C23H27N5O2/c1-14-11-28(8-9-29-14)19-12-30-20-5-3-2-4-16(20)21(19)27-23-17-10-18(15-6-7-15)26-22(17)24-13-25-23/h2-5,10,13-15,19,21H,6-9,11-12H2,1H3,(H2,24,25,26,27)/t14-,19-,21-/m1/s1. The summed E-state index contributed by atoms with van der Waals surface area (Å²) in [7, 11) is 0. The monoisotopic (exact) mass is 405 g/mol. The molecule has 1 aliphatic carbocycles. The number of benzene rings is 1. The van der Waals surface area contributed by atoms with E-state index in [1.165, 1.54) is 24.1 Å². The van der Waals surface area contributed by atoms with E-state index in [2.05, 4.69) is 56.4 Å². The maximum absolute atomic E-state index is 6.16. The van der Waals surface area contributed by atoms with Gasteiger partial charge in [-0.25, -0.2) is 9.97 Å². The van der Waals surface area contributed by atoms with Crippen LogP contribution in [0.5, 0.6) is 5.75 Å². The number of ether oxygens (including phenoxy) is 2. The summed E-state index contributed by atoms with van der Waals surface area (Å²) in [5.41, 5.74) is 3.36. The highest BCUT2D eigenvalue weighted by Gasteiger charge is 2.37. The molecule has 2 aromatic heterocycles. The molecule has 0 bridgehead atoms. The van der Waals surface area contributed by atoms with Crippen molar-refractivity contribution in [1.82, 2.24) is 19.9 Å². The molecule has 2 aliphatic heterocycles. The van der Waals surface area contributed by atoms with Gasteiger partial charge in [0.1, 0.15) is 30.1 Å². The predicted octanol–water partition coefficient (Wildman–Crippen LogP) is 3.47. The topological polar surface area (TPSA) is 75.3 Å². The van der Waals surface area contributed by atoms with E-state index in [-0.39, 0.29) is 18.2 Å². The first-order valence-electron chi connectivity index (χ1n) is 10.9. The van der Waals surface area contributed by atoms with Crippen LogP contribution >= 0.6 is 0 Å². The number of nitrogens with one attached hydrogen (secondary N) is 2. The van der Waals surface area contributed by atoms with E-state index < -0.39 is 0 Å². The fourth-order valence-corrected chi connectivity index (χ4v) is 4.82. The van der Waals surface area contributed by atoms with Gasteiger partial charge in [-0.1, -0.05) is 18.2 Å². The Kier molecular flexibility index (Phi) is 4.39. The molecule has 0 unspecified atom stereocenters. The van der Waals surface area contributed by atoms with Crippen LogP contribution in [-0.4, -0.2) is 58.3 Å². The van der Waals surface area contributed by atoms with Crippen LogP contribution in [0.15, 0.2) is 36.7 Å². The smallest absolute Gasteiger partial charge is 0.143 e. The van der Waals surface area contributed by atoms with Gasteiger partial charge in [-0.05, 0) is 37.8 Å². The second-order valence-electron chi connectivity index (χ2n) is 8.70. The summed E-state index contributed by atoms with van der Waals surface area (Å²) in [6.45, 7) is 5.36. The molecule has 4 heterocycles. The maximum Gasteiger partial charge on any atom is 0.143 e. The first-order chi connectivity index (χ1) is 14.8. The van der Waals surface area contributed by atoms with Crippen LogP contribution in [0.25, 0.3) is 11.0 Å². The van der Waals surface area contributed by atoms with Crippen molar-refractivity contribution in [2.45, 2.75) is 43.9 Å². The predicted molar refractivity (Wildman–Crippen MR) is 115 cm³/mol. The van der Waals surface area contributed by atoms with Crippen molar-refractivity contribution in [2.24, 2.45) is 0 Å². The average Bonchev–Trinajstić information content (AvgIpc) is 3.53. The lowest BCUT2D eigenvalue weighted by atomic mass is 9.94. The van der Waals surface area contributed by atoms with Crippen molar-refractivity contribution in [2.75, 3.05) is 31.6 Å². The lowest BCUT2D eigenvalue weighted by Crippen LogP contribution is -2.54. The van der Waals surface area contributed by atoms with Crippen LogP contribution in [0.3, 0.4) is 0 Å². The lowest BCUT2D eigenvalue weighted by molar-refractivity contribution is -0.0465. The average molecular weight is 406 g/mol. The van der Waals surface area contributed by atoms with Gasteiger partial charge in [0.15, 0.2) is 0 Å². The highest BCUT2D eigenvalue weighted by molar-refractivity contribution is 5.88. The van der Waals surface area contributed by atoms with Crippen LogP contribution in [0.4, 0.5) is 5.82 Å². The SMILES string of the molecule is C[C@@H]1CN([C@@H]2COc3ccccc3[C@H]2Nc2ncnc3[nH]c(C4CC4)cc23)CCO1. The Hall–Kier alpha value is -2.64. The van der Waals surface area contributed by atoms with E-state index in [1.807, 2.05) is 6.07 Å². The minimum atomic E-state index is 0.0811. The number of H-pyrrole nitrogens is 1. The van der Waals surface area contributed by atoms with Crippen molar-refractivity contribution < 1.29 is 9.47 Å². The van der Waals surface area contributed by atoms with Gasteiger partial charge >= 0.3 is 0 Å². The van der Waals surface area contributed by atoms with Crippen molar-refractivity contribution >= 4 is 16.9 Å². The van der Waals surface area contributed by atoms with Gasteiger partial charge in [0.05, 0.1) is 30.2 Å². The van der Waals surface area contributed by atoms with Crippen LogP contribution in [-0.2, 0) is 4.74 Å². The molecule has 0 spiro atoms. The van der Waals surface area contributed by atoms with Gasteiger partial charge in [-0.3, -0.25) is 4.90 Å². The molecule has 6 rings (SSSR count). The number of fused-ring (bicyclic) bond motifs is 2. The second-order valence-corrected chi connectivity index (χ2v) is 8.70. The Bertz CT molecular complexity index is 1060. The fraction of sp³-hybridized carbons (Fsp3) is 0.478. The number of para-hydroxylation sites is 1. The van der Waals surface area contributed by atoms with E-state index in [1.54, 1.807) is 6.33 Å². The molecule has 1 saturated carbocycles. The summed E-state index contributed by atoms with van der Waals surface area (Å²) >= 11 is 0. The largest absolute Gasteiger partial charge is 0.491 e. The molecule has 2 fully saturated rings. The quantitative estimate of drug-likeness (QED) is 0.692. The van der Waals surface area contributed by atoms with Crippen molar-refractivity contribution in [1.29, 1.82) is 0 Å². The summed E-state index contributed by atoms with van der Waals surface area (Å²) in [4.78, 5) is 15.1. The number of nitrogens with zero attached hydrogens (tertiary/aromatic N) is 3. The minimum absolute atomic E-state index is 0.0811. The summed E-state index contributed by atoms with van der Waals surface area (Å²) in [6.07, 6.45) is 4.39. The van der Waals surface area contributed by atoms with Crippen molar-refractivity contribution in [3.63, 3.8) is 0 Å². The van der Waals surface area contributed by atoms with Gasteiger partial charge in [-0.15, -0.1) is 0 Å². The molecule has 0 amide bonds. The van der Waals surface area contributed by atoms with Crippen LogP contribution in [0.2, 0.25) is 0 Å². The summed E-state index contributed by atoms with van der Waals surface area (Å²) < 4.78 is 11.9. The normalized spacial score (nSPS) is 26.9. The van der Waals surface area contributed by atoms with E-state index in [0.717, 1.165) is 42.3 Å². The third-order valence-corrected chi connectivity index (χ3v) is 6.55. The zero-order valence-corrected chi connectivity index (χ0v) is 17.2. The van der Waals surface area contributed by atoms with E-state index in [4.69, 9.17) is 9.47 Å². The molecule has 0 radical (unpaired) electrons. The molecule has 1 saturated heterocycles. The van der Waals surface area contributed by atoms with E-state index in [9.17, 15) is 0 Å². The number of hydrogen-bond acceptors (Lipinski definition) is 6. The van der Waals surface area contributed by atoms with Gasteiger partial charge in [0.25, 0.3) is 0 Å². The zero-order valence-electron chi connectivity index (χ0n) is 17.2. The second kappa shape index (κ2) is 7.25. The molecule has 3 atom stereocenters. The van der Waals surface area contributed by atoms with Gasteiger partial charge < -0.3 is 19.8 Å². The highest BCUT2D eigenvalue weighted by atomic mass is 16.5. The minimum Gasteiger partial charge on any atom is -0.491 e. The van der Waals surface area contributed by atoms with Gasteiger partial charge in [0.2, 0.25) is 0 Å². The number of aromatic nitrogens is 3. The van der Waals surface area contributed by atoms with Crippen LogP contribution < -0.4 is 10.1 Å². The first-order valence-corrected chi connectivity index (χ1v) is 10.9. The first kappa shape index (κ1) is 18.2. The third kappa shape index (κ3) is 3.22. The molecule has 3 aliphatic rings. The highest BCUT2D eigenvalue weighted by Crippen LogP contribution is 2.42. The van der Waals surface area contributed by atoms with Crippen molar-refractivity contribution in [3.8, 4) is 5.75 Å². The summed E-state index contributed by atoms with van der Waals surface area (Å²) in [6, 6.07) is 10.8. The summed E-state index contributed by atoms with van der Waals surface area (Å²) in [5, 5.41) is 4.85. The third-order valence-electron chi connectivity index (χ3n) is 6.55. The van der Waals surface area contributed by atoms with Gasteiger partial charge in [-0.2, -0.15) is 0 Å². The number of rotatable bonds is 4. The van der Waals surface area contributed by atoms with E-state index >= 15 is 0 Å². The lowest BCUT2D eigenvalue weighted by Gasteiger charge is -2.43. The zero-order chi connectivity index (χ0) is 20.1. The number of anilines is 1. The van der Waals surface area contributed by atoms with Gasteiger partial charge in [0, 0.05) is 24.3 Å². The molecule has 156 valence electrons. The Balaban J connectivity index is 1.38. The van der Waals surface area contributed by atoms with Crippen molar-refractivity contribution in [3.05, 3.63) is 47.9 Å². The molecule has 1 aromatic carbocycles. The Morgan fingerprint density at radius 2 is 2.10 bits per heavy atom. The number of hydrogen-bond donors (Lipinski definition) is 2. The number of aromatic amines is 1.